The van der Waals surface area contributed by atoms with Crippen LogP contribution in [-0.2, 0) is 11.3 Å². The van der Waals surface area contributed by atoms with Gasteiger partial charge in [0.15, 0.2) is 0 Å². The molecule has 0 spiro atoms. The minimum absolute atomic E-state index is 0.141. The van der Waals surface area contributed by atoms with Crippen molar-refractivity contribution in [3.05, 3.63) is 18.0 Å². The number of nitrogens with one attached hydrogen (secondary N) is 1. The van der Waals surface area contributed by atoms with Crippen LogP contribution in [0.3, 0.4) is 0 Å². The van der Waals surface area contributed by atoms with Gasteiger partial charge in [-0.1, -0.05) is 13.8 Å². The molecule has 84 valence electrons. The molecule has 1 atom stereocenters. The Kier molecular flexibility index (Phi) is 3.85. The van der Waals surface area contributed by atoms with E-state index in [2.05, 4.69) is 10.4 Å². The lowest BCUT2D eigenvalue weighted by atomic mass is 10.2. The molecule has 0 aromatic carbocycles. The molecular weight excluding hydrogens is 194 g/mol. The highest BCUT2D eigenvalue weighted by atomic mass is 16.4. The van der Waals surface area contributed by atoms with E-state index in [0.717, 1.165) is 5.56 Å². The summed E-state index contributed by atoms with van der Waals surface area (Å²) >= 11 is 0. The molecule has 1 rings (SSSR count). The quantitative estimate of drug-likeness (QED) is 0.750. The number of hydrogen-bond donors (Lipinski definition) is 2. The fraction of sp³-hybridized carbons (Fsp3) is 0.600. The third kappa shape index (κ3) is 3.71. The summed E-state index contributed by atoms with van der Waals surface area (Å²) in [4.78, 5) is 10.9. The fourth-order valence-corrected chi connectivity index (χ4v) is 1.36. The topological polar surface area (TPSA) is 67.2 Å². The summed E-state index contributed by atoms with van der Waals surface area (Å²) in [5.74, 6) is -0.850. The minimum atomic E-state index is -0.850. The van der Waals surface area contributed by atoms with Gasteiger partial charge >= 0.3 is 5.97 Å². The van der Waals surface area contributed by atoms with Crippen LogP contribution >= 0.6 is 0 Å². The van der Waals surface area contributed by atoms with Gasteiger partial charge in [-0.05, 0) is 12.5 Å². The molecule has 0 aliphatic rings. The summed E-state index contributed by atoms with van der Waals surface area (Å²) in [7, 11) is 0. The lowest BCUT2D eigenvalue weighted by Crippen LogP contribution is -2.43. The predicted molar refractivity (Wildman–Crippen MR) is 56.7 cm³/mol. The van der Waals surface area contributed by atoms with Gasteiger partial charge in [0.2, 0.25) is 0 Å². The van der Waals surface area contributed by atoms with Gasteiger partial charge in [0, 0.05) is 12.2 Å². The largest absolute Gasteiger partial charge is 0.480 e. The number of aryl methyl sites for hydroxylation is 1. The van der Waals surface area contributed by atoms with Crippen LogP contribution in [0.1, 0.15) is 19.4 Å². The van der Waals surface area contributed by atoms with E-state index < -0.39 is 12.0 Å². The zero-order chi connectivity index (χ0) is 11.4. The third-order valence-electron chi connectivity index (χ3n) is 1.96. The van der Waals surface area contributed by atoms with E-state index in [4.69, 9.17) is 5.11 Å². The van der Waals surface area contributed by atoms with E-state index in [1.807, 2.05) is 27.0 Å². The summed E-state index contributed by atoms with van der Waals surface area (Å²) in [6.07, 6.45) is 3.55. The molecule has 0 bridgehead atoms. The number of carboxylic acid groups (broad SMARTS) is 1. The second-order valence-corrected chi connectivity index (χ2v) is 3.95. The van der Waals surface area contributed by atoms with E-state index in [9.17, 15) is 4.79 Å². The highest BCUT2D eigenvalue weighted by Crippen LogP contribution is 1.98. The van der Waals surface area contributed by atoms with E-state index in [1.165, 1.54) is 0 Å². The molecular formula is C10H17N3O2. The lowest BCUT2D eigenvalue weighted by molar-refractivity contribution is -0.140. The zero-order valence-corrected chi connectivity index (χ0v) is 9.27. The maximum absolute atomic E-state index is 10.9. The molecule has 0 amide bonds. The van der Waals surface area contributed by atoms with Gasteiger partial charge in [0.1, 0.15) is 6.04 Å². The maximum Gasteiger partial charge on any atom is 0.322 e. The summed E-state index contributed by atoms with van der Waals surface area (Å²) in [5, 5.41) is 16.0. The van der Waals surface area contributed by atoms with Gasteiger partial charge in [-0.25, -0.2) is 0 Å². The molecule has 0 aliphatic heterocycles. The van der Waals surface area contributed by atoms with Crippen molar-refractivity contribution in [1.82, 2.24) is 15.1 Å². The number of carbonyl (C=O) groups is 1. The molecule has 5 heteroatoms. The highest BCUT2D eigenvalue weighted by molar-refractivity contribution is 5.73. The first-order valence-electron chi connectivity index (χ1n) is 4.97. The van der Waals surface area contributed by atoms with E-state index in [-0.39, 0.29) is 6.04 Å². The second-order valence-electron chi connectivity index (χ2n) is 3.95. The molecule has 0 fully saturated rings. The summed E-state index contributed by atoms with van der Waals surface area (Å²) < 4.78 is 1.64. The zero-order valence-electron chi connectivity index (χ0n) is 9.27. The van der Waals surface area contributed by atoms with E-state index in [0.29, 0.717) is 6.54 Å². The normalized spacial score (nSPS) is 13.1. The highest BCUT2D eigenvalue weighted by Gasteiger charge is 2.18. The summed E-state index contributed by atoms with van der Waals surface area (Å²) in [6.45, 7) is 6.12. The van der Waals surface area contributed by atoms with Gasteiger partial charge in [-0.2, -0.15) is 5.10 Å². The molecule has 1 aromatic heterocycles. The Morgan fingerprint density at radius 1 is 1.67 bits per heavy atom. The number of aromatic nitrogens is 2. The summed E-state index contributed by atoms with van der Waals surface area (Å²) in [6, 6.07) is -0.452. The van der Waals surface area contributed by atoms with Gasteiger partial charge in [-0.3, -0.25) is 9.48 Å². The monoisotopic (exact) mass is 211 g/mol. The Balaban J connectivity index is 2.62. The standard InChI is InChI=1S/C10H17N3O2/c1-7(2)12-9(10(14)15)6-13-5-8(3)4-11-13/h4-5,7,9,12H,6H2,1-3H3,(H,14,15). The molecule has 0 radical (unpaired) electrons. The number of hydrogen-bond acceptors (Lipinski definition) is 3. The average molecular weight is 211 g/mol. The van der Waals surface area contributed by atoms with Crippen molar-refractivity contribution in [3.8, 4) is 0 Å². The molecule has 1 unspecified atom stereocenters. The molecule has 0 aliphatic carbocycles. The molecule has 1 aromatic rings. The van der Waals surface area contributed by atoms with Crippen LogP contribution in [0.2, 0.25) is 0 Å². The maximum atomic E-state index is 10.9. The van der Waals surface area contributed by atoms with Crippen molar-refractivity contribution in [1.29, 1.82) is 0 Å². The Hall–Kier alpha value is -1.36. The predicted octanol–water partition coefficient (Wildman–Crippen LogP) is 0.643. The van der Waals surface area contributed by atoms with Gasteiger partial charge in [0.25, 0.3) is 0 Å². The molecule has 2 N–H and O–H groups in total. The van der Waals surface area contributed by atoms with Crippen LogP contribution in [0.5, 0.6) is 0 Å². The summed E-state index contributed by atoms with van der Waals surface area (Å²) in [5.41, 5.74) is 1.03. The van der Waals surface area contributed by atoms with Crippen LogP contribution in [0.25, 0.3) is 0 Å². The van der Waals surface area contributed by atoms with Crippen LogP contribution < -0.4 is 5.32 Å². The van der Waals surface area contributed by atoms with Crippen molar-refractivity contribution < 1.29 is 9.90 Å². The molecule has 15 heavy (non-hydrogen) atoms. The Morgan fingerprint density at radius 2 is 2.33 bits per heavy atom. The number of aliphatic carboxylic acids is 1. The number of rotatable bonds is 5. The molecule has 1 heterocycles. The van der Waals surface area contributed by atoms with Crippen molar-refractivity contribution in [2.45, 2.75) is 39.4 Å². The number of carboxylic acids is 1. The first kappa shape index (κ1) is 11.7. The van der Waals surface area contributed by atoms with Crippen molar-refractivity contribution in [2.75, 3.05) is 0 Å². The SMILES string of the molecule is Cc1cnn(CC(NC(C)C)C(=O)O)c1. The molecule has 0 saturated carbocycles. The molecule has 5 nitrogen and oxygen atoms in total. The van der Waals surface area contributed by atoms with Crippen molar-refractivity contribution in [3.63, 3.8) is 0 Å². The Morgan fingerprint density at radius 3 is 2.73 bits per heavy atom. The third-order valence-corrected chi connectivity index (χ3v) is 1.96. The van der Waals surface area contributed by atoms with E-state index in [1.54, 1.807) is 10.9 Å². The number of nitrogens with zero attached hydrogens (tertiary/aromatic N) is 2. The average Bonchev–Trinajstić information content (AvgIpc) is 2.49. The van der Waals surface area contributed by atoms with E-state index >= 15 is 0 Å². The van der Waals surface area contributed by atoms with Crippen LogP contribution in [0.15, 0.2) is 12.4 Å². The van der Waals surface area contributed by atoms with Crippen molar-refractivity contribution in [2.24, 2.45) is 0 Å². The van der Waals surface area contributed by atoms with Crippen LogP contribution in [0.4, 0.5) is 0 Å². The first-order valence-corrected chi connectivity index (χ1v) is 4.97. The van der Waals surface area contributed by atoms with Gasteiger partial charge in [0.05, 0.1) is 12.7 Å². The fourth-order valence-electron chi connectivity index (χ4n) is 1.36. The first-order chi connectivity index (χ1) is 6.99. The Bertz CT molecular complexity index is 333. The van der Waals surface area contributed by atoms with Crippen LogP contribution in [-0.4, -0.2) is 32.9 Å². The van der Waals surface area contributed by atoms with Gasteiger partial charge in [-0.15, -0.1) is 0 Å². The minimum Gasteiger partial charge on any atom is -0.480 e. The van der Waals surface area contributed by atoms with Crippen LogP contribution in [0, 0.1) is 6.92 Å². The molecule has 0 saturated heterocycles. The lowest BCUT2D eigenvalue weighted by Gasteiger charge is -2.16. The second kappa shape index (κ2) is 4.93. The van der Waals surface area contributed by atoms with Crippen molar-refractivity contribution >= 4 is 5.97 Å². The van der Waals surface area contributed by atoms with Gasteiger partial charge < -0.3 is 10.4 Å². The Labute approximate surface area is 89.1 Å². The smallest absolute Gasteiger partial charge is 0.322 e.